The third-order valence-corrected chi connectivity index (χ3v) is 5.67. The standard InChI is InChI=1S/C21H26N2/c1-17-21-8-5-13-22(21)14-15-23(17)16-18-9-11-20(12-10-18)19-6-3-2-4-7-19/h2-4,6-7,9-12,17,21H,5,8,13-16H2,1H3/t17-,21-/m1/s1. The highest BCUT2D eigenvalue weighted by Crippen LogP contribution is 2.28. The molecule has 0 aromatic heterocycles. The molecule has 0 amide bonds. The van der Waals surface area contributed by atoms with Gasteiger partial charge in [-0.3, -0.25) is 9.80 Å². The molecule has 0 bridgehead atoms. The first-order valence-corrected chi connectivity index (χ1v) is 8.94. The van der Waals surface area contributed by atoms with Gasteiger partial charge in [-0.05, 0) is 43.0 Å². The molecule has 120 valence electrons. The molecular weight excluding hydrogens is 280 g/mol. The molecule has 2 heteroatoms. The fraction of sp³-hybridized carbons (Fsp3) is 0.429. The van der Waals surface area contributed by atoms with Crippen LogP contribution in [0, 0.1) is 0 Å². The molecule has 0 N–H and O–H groups in total. The number of benzene rings is 2. The monoisotopic (exact) mass is 306 g/mol. The summed E-state index contributed by atoms with van der Waals surface area (Å²) >= 11 is 0. The summed E-state index contributed by atoms with van der Waals surface area (Å²) in [5, 5.41) is 0. The van der Waals surface area contributed by atoms with Gasteiger partial charge < -0.3 is 0 Å². The molecule has 2 atom stereocenters. The summed E-state index contributed by atoms with van der Waals surface area (Å²) in [7, 11) is 0. The van der Waals surface area contributed by atoms with E-state index in [0.29, 0.717) is 6.04 Å². The molecular formula is C21H26N2. The van der Waals surface area contributed by atoms with Crippen LogP contribution >= 0.6 is 0 Å². The average Bonchev–Trinajstić information content (AvgIpc) is 3.08. The summed E-state index contributed by atoms with van der Waals surface area (Å²) in [4.78, 5) is 5.36. The Morgan fingerprint density at radius 2 is 1.61 bits per heavy atom. The van der Waals surface area contributed by atoms with Crippen molar-refractivity contribution in [1.82, 2.24) is 9.80 Å². The van der Waals surface area contributed by atoms with Crippen molar-refractivity contribution in [3.63, 3.8) is 0 Å². The zero-order valence-corrected chi connectivity index (χ0v) is 14.0. The molecule has 0 unspecified atom stereocenters. The molecule has 23 heavy (non-hydrogen) atoms. The quantitative estimate of drug-likeness (QED) is 0.845. The molecule has 0 saturated carbocycles. The van der Waals surface area contributed by atoms with Crippen LogP contribution in [0.15, 0.2) is 54.6 Å². The fourth-order valence-corrected chi connectivity index (χ4v) is 4.27. The minimum Gasteiger partial charge on any atom is -0.298 e. The maximum atomic E-state index is 2.69. The van der Waals surface area contributed by atoms with Crippen molar-refractivity contribution >= 4 is 0 Å². The van der Waals surface area contributed by atoms with Crippen molar-refractivity contribution in [2.45, 2.75) is 38.4 Å². The maximum absolute atomic E-state index is 2.69. The van der Waals surface area contributed by atoms with Crippen LogP contribution in [0.5, 0.6) is 0 Å². The fourth-order valence-electron chi connectivity index (χ4n) is 4.27. The average molecular weight is 306 g/mol. The largest absolute Gasteiger partial charge is 0.298 e. The predicted molar refractivity (Wildman–Crippen MR) is 96.3 cm³/mol. The van der Waals surface area contributed by atoms with Gasteiger partial charge in [0.1, 0.15) is 0 Å². The van der Waals surface area contributed by atoms with E-state index < -0.39 is 0 Å². The second-order valence-electron chi connectivity index (χ2n) is 7.02. The zero-order valence-electron chi connectivity index (χ0n) is 14.0. The Morgan fingerprint density at radius 1 is 0.870 bits per heavy atom. The molecule has 0 radical (unpaired) electrons. The first-order chi connectivity index (χ1) is 11.3. The molecule has 2 aromatic carbocycles. The van der Waals surface area contributed by atoms with E-state index >= 15 is 0 Å². The van der Waals surface area contributed by atoms with E-state index in [2.05, 4.69) is 71.3 Å². The lowest BCUT2D eigenvalue weighted by Crippen LogP contribution is -2.55. The lowest BCUT2D eigenvalue weighted by Gasteiger charge is -2.43. The molecule has 2 aromatic rings. The number of hydrogen-bond donors (Lipinski definition) is 0. The molecule has 0 aliphatic carbocycles. The highest BCUT2D eigenvalue weighted by atomic mass is 15.3. The van der Waals surface area contributed by atoms with Gasteiger partial charge in [-0.2, -0.15) is 0 Å². The van der Waals surface area contributed by atoms with E-state index in [9.17, 15) is 0 Å². The van der Waals surface area contributed by atoms with E-state index in [4.69, 9.17) is 0 Å². The van der Waals surface area contributed by atoms with Gasteiger partial charge in [0.15, 0.2) is 0 Å². The van der Waals surface area contributed by atoms with Crippen LogP contribution in [0.1, 0.15) is 25.3 Å². The van der Waals surface area contributed by atoms with Gasteiger partial charge in [0.05, 0.1) is 0 Å². The second kappa shape index (κ2) is 6.46. The lowest BCUT2D eigenvalue weighted by atomic mass is 10.0. The summed E-state index contributed by atoms with van der Waals surface area (Å²) in [5.74, 6) is 0. The van der Waals surface area contributed by atoms with Gasteiger partial charge in [0.25, 0.3) is 0 Å². The highest BCUT2D eigenvalue weighted by molar-refractivity contribution is 5.63. The van der Waals surface area contributed by atoms with Gasteiger partial charge in [0.2, 0.25) is 0 Å². The summed E-state index contributed by atoms with van der Waals surface area (Å²) in [5.41, 5.74) is 4.04. The molecule has 2 nitrogen and oxygen atoms in total. The van der Waals surface area contributed by atoms with Gasteiger partial charge in [-0.15, -0.1) is 0 Å². The summed E-state index contributed by atoms with van der Waals surface area (Å²) < 4.78 is 0. The smallest absolute Gasteiger partial charge is 0.0250 e. The van der Waals surface area contributed by atoms with Crippen LogP contribution in [0.3, 0.4) is 0 Å². The normalized spacial score (nSPS) is 25.4. The van der Waals surface area contributed by atoms with Crippen molar-refractivity contribution in [1.29, 1.82) is 0 Å². The third kappa shape index (κ3) is 3.06. The number of nitrogens with zero attached hydrogens (tertiary/aromatic N) is 2. The maximum Gasteiger partial charge on any atom is 0.0250 e. The Hall–Kier alpha value is -1.64. The van der Waals surface area contributed by atoms with Crippen molar-refractivity contribution in [3.05, 3.63) is 60.2 Å². The van der Waals surface area contributed by atoms with Gasteiger partial charge in [0, 0.05) is 31.7 Å². The topological polar surface area (TPSA) is 6.48 Å². The molecule has 2 fully saturated rings. The molecule has 2 aliphatic heterocycles. The summed E-state index contributed by atoms with van der Waals surface area (Å²) in [6, 6.07) is 21.2. The van der Waals surface area contributed by atoms with Crippen molar-refractivity contribution in [2.75, 3.05) is 19.6 Å². The van der Waals surface area contributed by atoms with Crippen molar-refractivity contribution in [2.24, 2.45) is 0 Å². The van der Waals surface area contributed by atoms with Crippen LogP contribution in [-0.4, -0.2) is 41.5 Å². The van der Waals surface area contributed by atoms with Crippen LogP contribution in [0.2, 0.25) is 0 Å². The lowest BCUT2D eigenvalue weighted by molar-refractivity contribution is 0.0470. The number of hydrogen-bond acceptors (Lipinski definition) is 2. The minimum atomic E-state index is 0.681. The number of rotatable bonds is 3. The third-order valence-electron chi connectivity index (χ3n) is 5.67. The number of fused-ring (bicyclic) bond motifs is 1. The Labute approximate surface area is 139 Å². The minimum absolute atomic E-state index is 0.681. The first-order valence-electron chi connectivity index (χ1n) is 8.94. The second-order valence-corrected chi connectivity index (χ2v) is 7.02. The van der Waals surface area contributed by atoms with Crippen LogP contribution in [0.25, 0.3) is 11.1 Å². The number of piperazine rings is 1. The van der Waals surface area contributed by atoms with E-state index in [0.717, 1.165) is 12.6 Å². The summed E-state index contributed by atoms with van der Waals surface area (Å²) in [6.07, 6.45) is 2.76. The van der Waals surface area contributed by atoms with Crippen LogP contribution in [-0.2, 0) is 6.54 Å². The van der Waals surface area contributed by atoms with E-state index in [1.54, 1.807) is 0 Å². The zero-order chi connectivity index (χ0) is 15.6. The van der Waals surface area contributed by atoms with Crippen LogP contribution < -0.4 is 0 Å². The Bertz CT molecular complexity index is 635. The molecule has 0 spiro atoms. The first kappa shape index (κ1) is 14.9. The molecule has 4 rings (SSSR count). The molecule has 2 heterocycles. The highest BCUT2D eigenvalue weighted by Gasteiger charge is 2.36. The van der Waals surface area contributed by atoms with Crippen LogP contribution in [0.4, 0.5) is 0 Å². The van der Waals surface area contributed by atoms with E-state index in [-0.39, 0.29) is 0 Å². The molecule has 2 saturated heterocycles. The van der Waals surface area contributed by atoms with E-state index in [1.807, 2.05) is 0 Å². The SMILES string of the molecule is C[C@@H]1[C@H]2CCCN2CCN1Cc1ccc(-c2ccccc2)cc1. The van der Waals surface area contributed by atoms with Crippen molar-refractivity contribution in [3.8, 4) is 11.1 Å². The Balaban J connectivity index is 1.45. The van der Waals surface area contributed by atoms with Gasteiger partial charge in [-0.1, -0.05) is 54.6 Å². The Morgan fingerprint density at radius 3 is 2.39 bits per heavy atom. The van der Waals surface area contributed by atoms with Crippen molar-refractivity contribution < 1.29 is 0 Å². The van der Waals surface area contributed by atoms with E-state index in [1.165, 1.54) is 49.2 Å². The van der Waals surface area contributed by atoms with Gasteiger partial charge >= 0.3 is 0 Å². The predicted octanol–water partition coefficient (Wildman–Crippen LogP) is 4.02. The van der Waals surface area contributed by atoms with Gasteiger partial charge in [-0.25, -0.2) is 0 Å². The molecule has 2 aliphatic rings. The Kier molecular flexibility index (Phi) is 4.19. The summed E-state index contributed by atoms with van der Waals surface area (Å²) in [6.45, 7) is 7.27.